The molecule has 1 aromatic carbocycles. The molecule has 0 aromatic heterocycles. The van der Waals surface area contributed by atoms with Crippen LogP contribution in [0.5, 0.6) is 11.5 Å². The number of nitrogens with zero attached hydrogens (tertiary/aromatic N) is 1. The lowest BCUT2D eigenvalue weighted by Gasteiger charge is -2.12. The molecule has 20 heavy (non-hydrogen) atoms. The molecule has 0 aliphatic carbocycles. The monoisotopic (exact) mass is 276 g/mol. The van der Waals surface area contributed by atoms with Crippen molar-refractivity contribution in [1.82, 2.24) is 5.32 Å². The Morgan fingerprint density at radius 2 is 1.95 bits per heavy atom. The Kier molecular flexibility index (Phi) is 6.97. The van der Waals surface area contributed by atoms with Crippen molar-refractivity contribution in [3.8, 4) is 17.6 Å². The van der Waals surface area contributed by atoms with Gasteiger partial charge in [0.1, 0.15) is 6.54 Å². The van der Waals surface area contributed by atoms with Gasteiger partial charge in [-0.25, -0.2) is 0 Å². The number of aryl methyl sites for hydroxylation is 1. The maximum Gasteiger partial charge on any atom is 0.221 e. The van der Waals surface area contributed by atoms with Gasteiger partial charge < -0.3 is 14.8 Å². The van der Waals surface area contributed by atoms with Gasteiger partial charge in [-0.05, 0) is 38.0 Å². The van der Waals surface area contributed by atoms with Crippen molar-refractivity contribution in [3.05, 3.63) is 23.8 Å². The summed E-state index contributed by atoms with van der Waals surface area (Å²) < 4.78 is 11.0. The lowest BCUT2D eigenvalue weighted by atomic mass is 10.1. The van der Waals surface area contributed by atoms with Gasteiger partial charge in [0, 0.05) is 6.42 Å². The minimum atomic E-state index is -0.126. The van der Waals surface area contributed by atoms with Crippen molar-refractivity contribution in [2.24, 2.45) is 0 Å². The molecule has 0 bridgehead atoms. The SMILES string of the molecule is CCOc1ccc(CCC(=O)NCC#N)cc1OCC. The van der Waals surface area contributed by atoms with Gasteiger partial charge in [-0.3, -0.25) is 4.79 Å². The van der Waals surface area contributed by atoms with E-state index in [-0.39, 0.29) is 12.5 Å². The minimum absolute atomic E-state index is 0.0479. The Morgan fingerprint density at radius 1 is 1.25 bits per heavy atom. The maximum atomic E-state index is 11.4. The van der Waals surface area contributed by atoms with Crippen LogP contribution in [0.1, 0.15) is 25.8 Å². The number of benzene rings is 1. The van der Waals surface area contributed by atoms with E-state index in [0.29, 0.717) is 37.6 Å². The summed E-state index contributed by atoms with van der Waals surface area (Å²) in [6.07, 6.45) is 0.949. The first-order chi connectivity index (χ1) is 9.71. The Morgan fingerprint density at radius 3 is 2.60 bits per heavy atom. The van der Waals surface area contributed by atoms with Gasteiger partial charge in [-0.15, -0.1) is 0 Å². The number of hydrogen-bond acceptors (Lipinski definition) is 4. The number of hydrogen-bond donors (Lipinski definition) is 1. The van der Waals surface area contributed by atoms with Gasteiger partial charge in [-0.1, -0.05) is 6.07 Å². The van der Waals surface area contributed by atoms with Crippen molar-refractivity contribution >= 4 is 5.91 Å². The Labute approximate surface area is 119 Å². The first-order valence-corrected chi connectivity index (χ1v) is 6.73. The standard InChI is InChI=1S/C15H20N2O3/c1-3-19-13-7-5-12(11-14(13)20-4-2)6-8-15(18)17-10-9-16/h5,7,11H,3-4,6,8,10H2,1-2H3,(H,17,18). The second kappa shape index (κ2) is 8.81. The van der Waals surface area contributed by atoms with Crippen LogP contribution in [0.25, 0.3) is 0 Å². The topological polar surface area (TPSA) is 71.3 Å². The van der Waals surface area contributed by atoms with Gasteiger partial charge in [0.2, 0.25) is 5.91 Å². The van der Waals surface area contributed by atoms with Gasteiger partial charge >= 0.3 is 0 Å². The van der Waals surface area contributed by atoms with Crippen LogP contribution in [0.3, 0.4) is 0 Å². The summed E-state index contributed by atoms with van der Waals surface area (Å²) >= 11 is 0. The van der Waals surface area contributed by atoms with E-state index in [2.05, 4.69) is 5.32 Å². The molecule has 1 rings (SSSR count). The molecule has 5 heteroatoms. The summed E-state index contributed by atoms with van der Waals surface area (Å²) in [5, 5.41) is 10.9. The molecule has 1 aromatic rings. The van der Waals surface area contributed by atoms with E-state index in [1.165, 1.54) is 0 Å². The summed E-state index contributed by atoms with van der Waals surface area (Å²) in [4.78, 5) is 11.4. The molecule has 0 spiro atoms. The Bertz CT molecular complexity index is 480. The van der Waals surface area contributed by atoms with Gasteiger partial charge in [-0.2, -0.15) is 5.26 Å². The quantitative estimate of drug-likeness (QED) is 0.738. The molecule has 0 fully saturated rings. The summed E-state index contributed by atoms with van der Waals surface area (Å²) in [6, 6.07) is 7.55. The molecule has 0 saturated heterocycles. The predicted molar refractivity (Wildman–Crippen MR) is 75.7 cm³/mol. The fraction of sp³-hybridized carbons (Fsp3) is 0.467. The second-order valence-corrected chi connectivity index (χ2v) is 4.08. The lowest BCUT2D eigenvalue weighted by molar-refractivity contribution is -0.120. The molecule has 0 unspecified atom stereocenters. The van der Waals surface area contributed by atoms with Gasteiger partial charge in [0.25, 0.3) is 0 Å². The van der Waals surface area contributed by atoms with Gasteiger partial charge in [0.05, 0.1) is 19.3 Å². The van der Waals surface area contributed by atoms with Crippen LogP contribution in [0, 0.1) is 11.3 Å². The van der Waals surface area contributed by atoms with Crippen LogP contribution in [0.15, 0.2) is 18.2 Å². The number of ether oxygens (including phenoxy) is 2. The zero-order valence-electron chi connectivity index (χ0n) is 11.9. The zero-order chi connectivity index (χ0) is 14.8. The molecular formula is C15H20N2O3. The van der Waals surface area contributed by atoms with Crippen molar-refractivity contribution in [1.29, 1.82) is 5.26 Å². The fourth-order valence-electron chi connectivity index (χ4n) is 1.74. The van der Waals surface area contributed by atoms with Crippen molar-refractivity contribution < 1.29 is 14.3 Å². The first-order valence-electron chi connectivity index (χ1n) is 6.73. The molecule has 0 radical (unpaired) electrons. The molecular weight excluding hydrogens is 256 g/mol. The van der Waals surface area contributed by atoms with E-state index < -0.39 is 0 Å². The summed E-state index contributed by atoms with van der Waals surface area (Å²) in [6.45, 7) is 5.02. The van der Waals surface area contributed by atoms with Crippen molar-refractivity contribution in [2.75, 3.05) is 19.8 Å². The number of nitrogens with one attached hydrogen (secondary N) is 1. The average molecular weight is 276 g/mol. The Balaban J connectivity index is 2.64. The Hall–Kier alpha value is -2.22. The zero-order valence-corrected chi connectivity index (χ0v) is 11.9. The maximum absolute atomic E-state index is 11.4. The van der Waals surface area contributed by atoms with Crippen molar-refractivity contribution in [2.45, 2.75) is 26.7 Å². The van der Waals surface area contributed by atoms with Crippen molar-refractivity contribution in [3.63, 3.8) is 0 Å². The molecule has 0 aliphatic rings. The number of nitriles is 1. The number of carbonyl (C=O) groups is 1. The van der Waals surface area contributed by atoms with E-state index in [0.717, 1.165) is 5.56 Å². The molecule has 0 aliphatic heterocycles. The first kappa shape index (κ1) is 15.8. The third-order valence-corrected chi connectivity index (χ3v) is 2.61. The fourth-order valence-corrected chi connectivity index (χ4v) is 1.74. The third-order valence-electron chi connectivity index (χ3n) is 2.61. The summed E-state index contributed by atoms with van der Waals surface area (Å²) in [7, 11) is 0. The highest BCUT2D eigenvalue weighted by molar-refractivity contribution is 5.76. The molecule has 108 valence electrons. The van der Waals surface area contributed by atoms with Crippen LogP contribution in [0.2, 0.25) is 0 Å². The van der Waals surface area contributed by atoms with Crippen LogP contribution in [-0.4, -0.2) is 25.7 Å². The van der Waals surface area contributed by atoms with E-state index in [9.17, 15) is 4.79 Å². The molecule has 0 heterocycles. The van der Waals surface area contributed by atoms with E-state index in [1.807, 2.05) is 38.1 Å². The molecule has 0 saturated carbocycles. The van der Waals surface area contributed by atoms with Crippen LogP contribution >= 0.6 is 0 Å². The van der Waals surface area contributed by atoms with E-state index in [4.69, 9.17) is 14.7 Å². The van der Waals surface area contributed by atoms with Crippen LogP contribution in [0.4, 0.5) is 0 Å². The highest BCUT2D eigenvalue weighted by Crippen LogP contribution is 2.28. The van der Waals surface area contributed by atoms with Gasteiger partial charge in [0.15, 0.2) is 11.5 Å². The minimum Gasteiger partial charge on any atom is -0.490 e. The normalized spacial score (nSPS) is 9.65. The molecule has 0 atom stereocenters. The average Bonchev–Trinajstić information content (AvgIpc) is 2.45. The molecule has 1 amide bonds. The number of rotatable bonds is 8. The smallest absolute Gasteiger partial charge is 0.221 e. The number of carbonyl (C=O) groups excluding carboxylic acids is 1. The van der Waals surface area contributed by atoms with Crippen LogP contribution in [-0.2, 0) is 11.2 Å². The van der Waals surface area contributed by atoms with Crippen LogP contribution < -0.4 is 14.8 Å². The second-order valence-electron chi connectivity index (χ2n) is 4.08. The highest BCUT2D eigenvalue weighted by Gasteiger charge is 2.07. The highest BCUT2D eigenvalue weighted by atomic mass is 16.5. The lowest BCUT2D eigenvalue weighted by Crippen LogP contribution is -2.23. The largest absolute Gasteiger partial charge is 0.490 e. The molecule has 5 nitrogen and oxygen atoms in total. The molecule has 1 N–H and O–H groups in total. The third kappa shape index (κ3) is 5.19. The summed E-state index contributed by atoms with van der Waals surface area (Å²) in [5.41, 5.74) is 1.00. The summed E-state index contributed by atoms with van der Waals surface area (Å²) in [5.74, 6) is 1.29. The predicted octanol–water partition coefficient (Wildman–Crippen LogP) is 2.06. The van der Waals surface area contributed by atoms with E-state index in [1.54, 1.807) is 0 Å². The number of amides is 1. The van der Waals surface area contributed by atoms with E-state index >= 15 is 0 Å².